The molecule has 0 atom stereocenters. The van der Waals surface area contributed by atoms with Gasteiger partial charge in [0.15, 0.2) is 5.16 Å². The molecule has 0 saturated carbocycles. The van der Waals surface area contributed by atoms with Crippen LogP contribution in [0.4, 0.5) is 10.1 Å². The molecule has 3 rings (SSSR count). The van der Waals surface area contributed by atoms with E-state index in [1.165, 1.54) is 29.5 Å². The molecular weight excluding hydrogens is 499 g/mol. The van der Waals surface area contributed by atoms with E-state index in [-0.39, 0.29) is 17.3 Å². The third kappa shape index (κ3) is 6.47. The Hall–Kier alpha value is -1.55. The Labute approximate surface area is 189 Å². The molecule has 1 N–H and O–H groups in total. The SMILES string of the molecule is Cn1c(CSCc2ccc(Cl)cc2)nnc1SCC(=O)Nc1ccc(Br)cc1F. The predicted molar refractivity (Wildman–Crippen MR) is 121 cm³/mol. The maximum absolute atomic E-state index is 13.8. The summed E-state index contributed by atoms with van der Waals surface area (Å²) in [7, 11) is 1.87. The fourth-order valence-electron chi connectivity index (χ4n) is 2.34. The van der Waals surface area contributed by atoms with Crippen molar-refractivity contribution in [2.75, 3.05) is 11.1 Å². The van der Waals surface area contributed by atoms with Gasteiger partial charge >= 0.3 is 0 Å². The van der Waals surface area contributed by atoms with Crippen LogP contribution in [-0.2, 0) is 23.3 Å². The molecular formula is C19H17BrClFN4OS2. The maximum Gasteiger partial charge on any atom is 0.234 e. The number of anilines is 1. The molecule has 2 aromatic carbocycles. The summed E-state index contributed by atoms with van der Waals surface area (Å²) < 4.78 is 16.3. The fraction of sp³-hybridized carbons (Fsp3) is 0.211. The summed E-state index contributed by atoms with van der Waals surface area (Å²) in [5, 5.41) is 12.3. The van der Waals surface area contributed by atoms with Crippen molar-refractivity contribution in [3.05, 3.63) is 69.2 Å². The molecule has 152 valence electrons. The molecule has 0 fully saturated rings. The number of carbonyl (C=O) groups excluding carboxylic acids is 1. The van der Waals surface area contributed by atoms with Gasteiger partial charge in [-0.2, -0.15) is 0 Å². The molecule has 0 saturated heterocycles. The van der Waals surface area contributed by atoms with Crippen LogP contribution in [0.1, 0.15) is 11.4 Å². The van der Waals surface area contributed by atoms with Crippen LogP contribution in [0.25, 0.3) is 0 Å². The number of amides is 1. The molecule has 0 aliphatic rings. The second-order valence-corrected chi connectivity index (χ2v) is 9.32. The van der Waals surface area contributed by atoms with Crippen molar-refractivity contribution in [3.8, 4) is 0 Å². The summed E-state index contributed by atoms with van der Waals surface area (Å²) in [6, 6.07) is 12.2. The first-order chi connectivity index (χ1) is 13.9. The number of aromatic nitrogens is 3. The van der Waals surface area contributed by atoms with Gasteiger partial charge < -0.3 is 9.88 Å². The lowest BCUT2D eigenvalue weighted by molar-refractivity contribution is -0.113. The molecule has 3 aromatic rings. The van der Waals surface area contributed by atoms with E-state index in [1.54, 1.807) is 17.8 Å². The van der Waals surface area contributed by atoms with Crippen LogP contribution in [0.2, 0.25) is 5.02 Å². The molecule has 0 aliphatic heterocycles. The van der Waals surface area contributed by atoms with Gasteiger partial charge in [0.05, 0.1) is 17.2 Å². The zero-order chi connectivity index (χ0) is 20.8. The van der Waals surface area contributed by atoms with E-state index in [0.29, 0.717) is 15.4 Å². The largest absolute Gasteiger partial charge is 0.323 e. The molecule has 1 heterocycles. The summed E-state index contributed by atoms with van der Waals surface area (Å²) in [4.78, 5) is 12.1. The first-order valence-corrected chi connectivity index (χ1v) is 11.8. The lowest BCUT2D eigenvalue weighted by Crippen LogP contribution is -2.15. The average molecular weight is 516 g/mol. The van der Waals surface area contributed by atoms with Gasteiger partial charge in [0.1, 0.15) is 11.6 Å². The van der Waals surface area contributed by atoms with Crippen LogP contribution in [-0.4, -0.2) is 26.4 Å². The normalized spacial score (nSPS) is 10.9. The van der Waals surface area contributed by atoms with Gasteiger partial charge in [-0.3, -0.25) is 4.79 Å². The average Bonchev–Trinajstić information content (AvgIpc) is 3.04. The van der Waals surface area contributed by atoms with Gasteiger partial charge in [-0.05, 0) is 35.9 Å². The Morgan fingerprint density at radius 3 is 2.69 bits per heavy atom. The Morgan fingerprint density at radius 1 is 1.21 bits per heavy atom. The Balaban J connectivity index is 1.48. The van der Waals surface area contributed by atoms with Crippen LogP contribution in [0.3, 0.4) is 0 Å². The van der Waals surface area contributed by atoms with Crippen LogP contribution < -0.4 is 5.32 Å². The monoisotopic (exact) mass is 514 g/mol. The lowest BCUT2D eigenvalue weighted by Gasteiger charge is -2.07. The fourth-order valence-corrected chi connectivity index (χ4v) is 4.50. The highest BCUT2D eigenvalue weighted by Crippen LogP contribution is 2.23. The second-order valence-electron chi connectivity index (χ2n) is 6.04. The van der Waals surface area contributed by atoms with E-state index in [9.17, 15) is 9.18 Å². The van der Waals surface area contributed by atoms with Gasteiger partial charge in [-0.15, -0.1) is 22.0 Å². The van der Waals surface area contributed by atoms with E-state index in [2.05, 4.69) is 31.4 Å². The summed E-state index contributed by atoms with van der Waals surface area (Å²) in [6.45, 7) is 0. The highest BCUT2D eigenvalue weighted by atomic mass is 79.9. The zero-order valence-corrected chi connectivity index (χ0v) is 19.3. The number of carbonyl (C=O) groups is 1. The summed E-state index contributed by atoms with van der Waals surface area (Å²) in [5.74, 6) is 1.68. The van der Waals surface area contributed by atoms with E-state index < -0.39 is 5.82 Å². The standard InChI is InChI=1S/C19H17BrClFN4OS2/c1-26-17(10-28-9-12-2-5-14(21)6-3-12)24-25-19(26)29-11-18(27)23-16-7-4-13(20)8-15(16)22/h2-8H,9-11H2,1H3,(H,23,27). The number of halogens is 3. The topological polar surface area (TPSA) is 59.8 Å². The van der Waals surface area contributed by atoms with Crippen molar-refractivity contribution in [1.82, 2.24) is 14.8 Å². The summed E-state index contributed by atoms with van der Waals surface area (Å²) >= 11 is 12.1. The summed E-state index contributed by atoms with van der Waals surface area (Å²) in [5.41, 5.74) is 1.34. The van der Waals surface area contributed by atoms with E-state index in [0.717, 1.165) is 16.6 Å². The van der Waals surface area contributed by atoms with Crippen molar-refractivity contribution in [1.29, 1.82) is 0 Å². The first-order valence-electron chi connectivity index (χ1n) is 8.50. The minimum Gasteiger partial charge on any atom is -0.323 e. The number of hydrogen-bond donors (Lipinski definition) is 1. The van der Waals surface area contributed by atoms with E-state index >= 15 is 0 Å². The van der Waals surface area contributed by atoms with Crippen LogP contribution in [0.5, 0.6) is 0 Å². The first kappa shape index (κ1) is 22.1. The smallest absolute Gasteiger partial charge is 0.234 e. The van der Waals surface area contributed by atoms with Crippen molar-refractivity contribution in [2.45, 2.75) is 16.7 Å². The second kappa shape index (κ2) is 10.5. The molecule has 0 radical (unpaired) electrons. The minimum atomic E-state index is -0.489. The molecule has 29 heavy (non-hydrogen) atoms. The molecule has 1 aromatic heterocycles. The summed E-state index contributed by atoms with van der Waals surface area (Å²) in [6.07, 6.45) is 0. The maximum atomic E-state index is 13.8. The Kier molecular flexibility index (Phi) is 7.99. The lowest BCUT2D eigenvalue weighted by atomic mass is 10.2. The third-order valence-electron chi connectivity index (χ3n) is 3.88. The molecule has 0 aliphatic carbocycles. The molecule has 5 nitrogen and oxygen atoms in total. The molecule has 10 heteroatoms. The highest BCUT2D eigenvalue weighted by molar-refractivity contribution is 9.10. The van der Waals surface area contributed by atoms with Crippen molar-refractivity contribution in [3.63, 3.8) is 0 Å². The van der Waals surface area contributed by atoms with Gasteiger partial charge in [-0.25, -0.2) is 4.39 Å². The van der Waals surface area contributed by atoms with E-state index in [4.69, 9.17) is 11.6 Å². The highest BCUT2D eigenvalue weighted by Gasteiger charge is 2.13. The van der Waals surface area contributed by atoms with Crippen molar-refractivity contribution in [2.24, 2.45) is 7.05 Å². The Morgan fingerprint density at radius 2 is 1.97 bits per heavy atom. The molecule has 0 spiro atoms. The van der Waals surface area contributed by atoms with Crippen LogP contribution in [0.15, 0.2) is 52.1 Å². The van der Waals surface area contributed by atoms with Gasteiger partial charge in [0.25, 0.3) is 0 Å². The van der Waals surface area contributed by atoms with E-state index in [1.807, 2.05) is 35.9 Å². The van der Waals surface area contributed by atoms with Crippen LogP contribution >= 0.6 is 51.1 Å². The Bertz CT molecular complexity index is 1000. The van der Waals surface area contributed by atoms with Gasteiger partial charge in [0, 0.05) is 22.3 Å². The predicted octanol–water partition coefficient (Wildman–Crippen LogP) is 5.53. The van der Waals surface area contributed by atoms with Gasteiger partial charge in [-0.1, -0.05) is 51.4 Å². The molecule has 0 bridgehead atoms. The molecule has 0 unspecified atom stereocenters. The van der Waals surface area contributed by atoms with Crippen molar-refractivity contribution >= 4 is 62.6 Å². The number of rotatable bonds is 8. The number of nitrogens with zero attached hydrogens (tertiary/aromatic N) is 3. The quantitative estimate of drug-likeness (QED) is 0.400. The number of thioether (sulfide) groups is 2. The number of nitrogens with one attached hydrogen (secondary N) is 1. The zero-order valence-electron chi connectivity index (χ0n) is 15.4. The third-order valence-corrected chi connectivity index (χ3v) is 6.64. The van der Waals surface area contributed by atoms with Crippen molar-refractivity contribution < 1.29 is 9.18 Å². The number of hydrogen-bond acceptors (Lipinski definition) is 5. The minimum absolute atomic E-state index is 0.111. The number of benzene rings is 2. The van der Waals surface area contributed by atoms with Gasteiger partial charge in [0.2, 0.25) is 5.91 Å². The molecule has 1 amide bonds. The van der Waals surface area contributed by atoms with Crippen LogP contribution in [0, 0.1) is 5.82 Å².